The fourth-order valence-corrected chi connectivity index (χ4v) is 2.82. The van der Waals surface area contributed by atoms with Crippen molar-refractivity contribution < 1.29 is 14.3 Å². The summed E-state index contributed by atoms with van der Waals surface area (Å²) in [6.07, 6.45) is 0. The third-order valence-electron chi connectivity index (χ3n) is 2.60. The molecule has 1 aromatic carbocycles. The number of hydrogen-bond acceptors (Lipinski definition) is 1. The lowest BCUT2D eigenvalue weighted by Gasteiger charge is -2.10. The molecule has 0 bridgehead atoms. The first-order chi connectivity index (χ1) is 8.41. The Labute approximate surface area is 116 Å². The third-order valence-corrected chi connectivity index (χ3v) is 3.53. The molecule has 0 saturated heterocycles. The van der Waals surface area contributed by atoms with Crippen LogP contribution in [0.15, 0.2) is 28.7 Å². The van der Waals surface area contributed by atoms with E-state index in [1.807, 2.05) is 0 Å². The Bertz CT molecular complexity index is 616. The largest absolute Gasteiger partial charge is 0.477 e. The first kappa shape index (κ1) is 13.1. The maximum Gasteiger partial charge on any atom is 0.352 e. The van der Waals surface area contributed by atoms with Gasteiger partial charge in [-0.15, -0.1) is 0 Å². The van der Waals surface area contributed by atoms with Crippen molar-refractivity contribution in [1.29, 1.82) is 0 Å². The predicted octanol–water partition coefficient (Wildman–Crippen LogP) is 3.95. The highest BCUT2D eigenvalue weighted by molar-refractivity contribution is 9.10. The van der Waals surface area contributed by atoms with Gasteiger partial charge < -0.3 is 9.67 Å². The average Bonchev–Trinajstić information content (AvgIpc) is 2.59. The maximum absolute atomic E-state index is 13.1. The van der Waals surface area contributed by atoms with Crippen LogP contribution in [-0.2, 0) is 7.05 Å². The molecule has 6 heteroatoms. The van der Waals surface area contributed by atoms with E-state index in [1.165, 1.54) is 22.8 Å². The minimum absolute atomic E-state index is 0.136. The zero-order valence-electron chi connectivity index (χ0n) is 9.25. The molecular formula is C12H8BrClFNO2. The summed E-state index contributed by atoms with van der Waals surface area (Å²) in [4.78, 5) is 11.0. The number of nitrogens with zero attached hydrogens (tertiary/aromatic N) is 1. The number of carbonyl (C=O) groups is 1. The molecule has 2 aromatic rings. The lowest BCUT2D eigenvalue weighted by atomic mass is 10.1. The van der Waals surface area contributed by atoms with E-state index >= 15 is 0 Å². The van der Waals surface area contributed by atoms with Crippen molar-refractivity contribution in [2.75, 3.05) is 0 Å². The second-order valence-electron chi connectivity index (χ2n) is 3.71. The first-order valence-corrected chi connectivity index (χ1v) is 6.13. The van der Waals surface area contributed by atoms with Crippen molar-refractivity contribution >= 4 is 33.5 Å². The molecule has 0 atom stereocenters. The summed E-state index contributed by atoms with van der Waals surface area (Å²) in [5, 5.41) is 9.21. The summed E-state index contributed by atoms with van der Waals surface area (Å²) in [7, 11) is 1.62. The van der Waals surface area contributed by atoms with Gasteiger partial charge in [0.15, 0.2) is 0 Å². The van der Waals surface area contributed by atoms with Gasteiger partial charge in [0.25, 0.3) is 0 Å². The van der Waals surface area contributed by atoms with E-state index in [2.05, 4.69) is 15.9 Å². The van der Waals surface area contributed by atoms with Crippen LogP contribution < -0.4 is 0 Å². The van der Waals surface area contributed by atoms with Gasteiger partial charge in [0.1, 0.15) is 11.5 Å². The molecular weight excluding hydrogens is 324 g/mol. The van der Waals surface area contributed by atoms with Crippen LogP contribution in [0.2, 0.25) is 5.02 Å². The molecule has 0 aliphatic rings. The molecule has 1 heterocycles. The van der Waals surface area contributed by atoms with Gasteiger partial charge in [-0.1, -0.05) is 11.6 Å². The van der Waals surface area contributed by atoms with E-state index < -0.39 is 11.8 Å². The molecule has 1 N–H and O–H groups in total. The van der Waals surface area contributed by atoms with Crippen LogP contribution in [0.5, 0.6) is 0 Å². The number of aromatic nitrogens is 1. The fraction of sp³-hybridized carbons (Fsp3) is 0.0833. The number of carboxylic acids is 1. The Morgan fingerprint density at radius 3 is 2.61 bits per heavy atom. The molecule has 18 heavy (non-hydrogen) atoms. The Balaban J connectivity index is 2.67. The van der Waals surface area contributed by atoms with Crippen LogP contribution in [-0.4, -0.2) is 15.6 Å². The van der Waals surface area contributed by atoms with Gasteiger partial charge in [0, 0.05) is 17.1 Å². The SMILES string of the molecule is Cn1c(C(=O)O)ccc1-c1c(Cl)cc(F)cc1Br. The van der Waals surface area contributed by atoms with Crippen LogP contribution in [0, 0.1) is 5.82 Å². The number of aromatic carboxylic acids is 1. The van der Waals surface area contributed by atoms with Crippen molar-refractivity contribution in [3.63, 3.8) is 0 Å². The number of rotatable bonds is 2. The number of halogens is 3. The Morgan fingerprint density at radius 2 is 2.11 bits per heavy atom. The number of hydrogen-bond donors (Lipinski definition) is 1. The molecule has 0 aliphatic heterocycles. The average molecular weight is 333 g/mol. The second kappa shape index (κ2) is 4.74. The Hall–Kier alpha value is -1.33. The van der Waals surface area contributed by atoms with E-state index in [-0.39, 0.29) is 10.7 Å². The molecule has 0 spiro atoms. The fourth-order valence-electron chi connectivity index (χ4n) is 1.76. The van der Waals surface area contributed by atoms with Gasteiger partial charge in [0.05, 0.1) is 10.7 Å². The molecule has 0 saturated carbocycles. The molecule has 2 rings (SSSR count). The van der Waals surface area contributed by atoms with E-state index in [9.17, 15) is 9.18 Å². The topological polar surface area (TPSA) is 42.2 Å². The quantitative estimate of drug-likeness (QED) is 0.905. The minimum atomic E-state index is -1.03. The lowest BCUT2D eigenvalue weighted by molar-refractivity contribution is 0.0687. The van der Waals surface area contributed by atoms with E-state index in [0.29, 0.717) is 15.7 Å². The van der Waals surface area contributed by atoms with Crippen molar-refractivity contribution in [1.82, 2.24) is 4.57 Å². The molecule has 3 nitrogen and oxygen atoms in total. The van der Waals surface area contributed by atoms with Gasteiger partial charge in [-0.05, 0) is 40.2 Å². The maximum atomic E-state index is 13.1. The van der Waals surface area contributed by atoms with Crippen LogP contribution in [0.25, 0.3) is 11.3 Å². The van der Waals surface area contributed by atoms with Crippen molar-refractivity contribution in [3.8, 4) is 11.3 Å². The summed E-state index contributed by atoms with van der Waals surface area (Å²) in [5.41, 5.74) is 1.30. The highest BCUT2D eigenvalue weighted by Crippen LogP contribution is 2.36. The van der Waals surface area contributed by atoms with E-state index in [0.717, 1.165) is 0 Å². The van der Waals surface area contributed by atoms with E-state index in [1.54, 1.807) is 13.1 Å². The first-order valence-electron chi connectivity index (χ1n) is 4.95. The Kier molecular flexibility index (Phi) is 3.45. The standard InChI is InChI=1S/C12H8BrClFNO2/c1-16-9(2-3-10(16)12(17)18)11-7(13)4-6(15)5-8(11)14/h2-5H,1H3,(H,17,18). The Morgan fingerprint density at radius 1 is 1.44 bits per heavy atom. The molecule has 0 aliphatic carbocycles. The van der Waals surface area contributed by atoms with Gasteiger partial charge in [-0.3, -0.25) is 0 Å². The molecule has 94 valence electrons. The highest BCUT2D eigenvalue weighted by atomic mass is 79.9. The van der Waals surface area contributed by atoms with Crippen molar-refractivity contribution in [2.45, 2.75) is 0 Å². The highest BCUT2D eigenvalue weighted by Gasteiger charge is 2.17. The number of carboxylic acid groups (broad SMARTS) is 1. The van der Waals surface area contributed by atoms with Crippen molar-refractivity contribution in [2.24, 2.45) is 7.05 Å². The van der Waals surface area contributed by atoms with Crippen LogP contribution in [0.3, 0.4) is 0 Å². The molecule has 0 unspecified atom stereocenters. The number of benzene rings is 1. The monoisotopic (exact) mass is 331 g/mol. The smallest absolute Gasteiger partial charge is 0.352 e. The third kappa shape index (κ3) is 2.15. The zero-order chi connectivity index (χ0) is 13.4. The van der Waals surface area contributed by atoms with E-state index in [4.69, 9.17) is 16.7 Å². The molecule has 0 radical (unpaired) electrons. The van der Waals surface area contributed by atoms with Gasteiger partial charge in [-0.2, -0.15) is 0 Å². The summed E-state index contributed by atoms with van der Waals surface area (Å²) in [6, 6.07) is 5.58. The summed E-state index contributed by atoms with van der Waals surface area (Å²) < 4.78 is 15.1. The van der Waals surface area contributed by atoms with Crippen molar-refractivity contribution in [3.05, 3.63) is 45.3 Å². The lowest BCUT2D eigenvalue weighted by Crippen LogP contribution is -2.05. The second-order valence-corrected chi connectivity index (χ2v) is 4.97. The predicted molar refractivity (Wildman–Crippen MR) is 70.5 cm³/mol. The summed E-state index contributed by atoms with van der Waals surface area (Å²) in [5.74, 6) is -1.48. The van der Waals surface area contributed by atoms with Crippen LogP contribution in [0.1, 0.15) is 10.5 Å². The zero-order valence-corrected chi connectivity index (χ0v) is 11.6. The van der Waals surface area contributed by atoms with Gasteiger partial charge in [-0.25, -0.2) is 9.18 Å². The van der Waals surface area contributed by atoms with Gasteiger partial charge >= 0.3 is 5.97 Å². The molecule has 0 amide bonds. The molecule has 1 aromatic heterocycles. The van der Waals surface area contributed by atoms with Crippen LogP contribution >= 0.6 is 27.5 Å². The normalized spacial score (nSPS) is 10.7. The van der Waals surface area contributed by atoms with Crippen LogP contribution in [0.4, 0.5) is 4.39 Å². The summed E-state index contributed by atoms with van der Waals surface area (Å²) in [6.45, 7) is 0. The van der Waals surface area contributed by atoms with Gasteiger partial charge in [0.2, 0.25) is 0 Å². The molecule has 0 fully saturated rings. The summed E-state index contributed by atoms with van der Waals surface area (Å²) >= 11 is 9.23. The minimum Gasteiger partial charge on any atom is -0.477 e.